The number of carbonyl (C=O) groups excluding carboxylic acids is 4. The summed E-state index contributed by atoms with van der Waals surface area (Å²) in [6.07, 6.45) is -1.80. The summed E-state index contributed by atoms with van der Waals surface area (Å²) in [7, 11) is -9.91. The van der Waals surface area contributed by atoms with Crippen LogP contribution in [0.2, 0.25) is 0 Å². The SMILES string of the molecule is CC(C)OC(=O)c1ccc(C(=O)OC(C)C)c(S(=O)(=O)[O-])c1.CC(C)OC(=O)c1ccc(C(=O)OC(C)C)c(S(=O)(=O)[O-])c1.[Ba+2]. The molecule has 0 spiro atoms. The quantitative estimate of drug-likeness (QED) is 0.146. The van der Waals surface area contributed by atoms with Crippen LogP contribution in [0.3, 0.4) is 0 Å². The van der Waals surface area contributed by atoms with Crippen LogP contribution in [0.15, 0.2) is 46.2 Å². The van der Waals surface area contributed by atoms with Gasteiger partial charge in [-0.1, -0.05) is 0 Å². The van der Waals surface area contributed by atoms with E-state index in [9.17, 15) is 45.1 Å². The van der Waals surface area contributed by atoms with E-state index < -0.39 is 89.4 Å². The summed E-state index contributed by atoms with van der Waals surface area (Å²) < 4.78 is 87.5. The van der Waals surface area contributed by atoms with Crippen molar-refractivity contribution < 1.29 is 64.1 Å². The van der Waals surface area contributed by atoms with Crippen LogP contribution in [0.1, 0.15) is 96.8 Å². The number of hydrogen-bond acceptors (Lipinski definition) is 14. The summed E-state index contributed by atoms with van der Waals surface area (Å²) in [4.78, 5) is 45.6. The molecule has 0 bridgehead atoms. The standard InChI is InChI=1S/2C14H18O7S.Ba/c2*1-8(2)20-13(15)10-5-6-11(14(16)21-9(3)4)12(7-10)22(17,18)19;/h2*5-9H,1-4H3,(H,17,18,19);/q;;+2/p-2. The molecular formula is C28H34BaO14S2. The van der Waals surface area contributed by atoms with Gasteiger partial charge in [0, 0.05) is 0 Å². The Morgan fingerprint density at radius 3 is 0.978 bits per heavy atom. The van der Waals surface area contributed by atoms with E-state index in [-0.39, 0.29) is 60.0 Å². The summed E-state index contributed by atoms with van der Waals surface area (Å²) in [6, 6.07) is 6.18. The average molecular weight is 796 g/mol. The molecule has 0 saturated heterocycles. The van der Waals surface area contributed by atoms with Gasteiger partial charge in [-0.15, -0.1) is 0 Å². The van der Waals surface area contributed by atoms with Crippen molar-refractivity contribution >= 4 is 93.0 Å². The van der Waals surface area contributed by atoms with Crippen molar-refractivity contribution in [2.75, 3.05) is 0 Å². The zero-order valence-electron chi connectivity index (χ0n) is 26.0. The first-order valence-corrected chi connectivity index (χ1v) is 15.9. The molecule has 0 aliphatic heterocycles. The Morgan fingerprint density at radius 2 is 0.756 bits per heavy atom. The molecule has 0 fully saturated rings. The topological polar surface area (TPSA) is 220 Å². The fourth-order valence-corrected chi connectivity index (χ4v) is 4.55. The molecule has 45 heavy (non-hydrogen) atoms. The van der Waals surface area contributed by atoms with Crippen LogP contribution < -0.4 is 0 Å². The molecule has 17 heteroatoms. The second-order valence-electron chi connectivity index (χ2n) is 10.1. The Bertz CT molecular complexity index is 1480. The molecule has 0 radical (unpaired) electrons. The van der Waals surface area contributed by atoms with Crippen molar-refractivity contribution in [3.63, 3.8) is 0 Å². The van der Waals surface area contributed by atoms with E-state index in [0.29, 0.717) is 0 Å². The summed E-state index contributed by atoms with van der Waals surface area (Å²) in [6.45, 7) is 12.8. The Balaban J connectivity index is 0.000000842. The number of ether oxygens (including phenoxy) is 4. The number of benzene rings is 2. The summed E-state index contributed by atoms with van der Waals surface area (Å²) in [5, 5.41) is 0. The first-order chi connectivity index (χ1) is 20.0. The Labute approximate surface area is 302 Å². The first-order valence-electron chi connectivity index (χ1n) is 13.1. The van der Waals surface area contributed by atoms with E-state index in [4.69, 9.17) is 18.9 Å². The van der Waals surface area contributed by atoms with Gasteiger partial charge in [-0.05, 0) is 91.8 Å². The van der Waals surface area contributed by atoms with Crippen LogP contribution in [0.5, 0.6) is 0 Å². The Hall–Kier alpha value is -2.29. The van der Waals surface area contributed by atoms with Gasteiger partial charge in [0.25, 0.3) is 0 Å². The average Bonchev–Trinajstić information content (AvgIpc) is 2.85. The summed E-state index contributed by atoms with van der Waals surface area (Å²) >= 11 is 0. The normalized spacial score (nSPS) is 11.3. The molecule has 2 aromatic carbocycles. The summed E-state index contributed by atoms with van der Waals surface area (Å²) in [5.41, 5.74) is -1.09. The van der Waals surface area contributed by atoms with Crippen molar-refractivity contribution in [3.8, 4) is 0 Å². The van der Waals surface area contributed by atoms with Crippen LogP contribution in [0.4, 0.5) is 0 Å². The van der Waals surface area contributed by atoms with Gasteiger partial charge in [0.2, 0.25) is 0 Å². The molecular weight excluding hydrogens is 762 g/mol. The third kappa shape index (κ3) is 14.3. The molecule has 2 rings (SSSR count). The van der Waals surface area contributed by atoms with Crippen molar-refractivity contribution in [2.45, 2.75) is 89.6 Å². The van der Waals surface area contributed by atoms with Gasteiger partial charge < -0.3 is 28.1 Å². The third-order valence-electron chi connectivity index (χ3n) is 4.78. The molecule has 2 aromatic rings. The second kappa shape index (κ2) is 18.2. The molecule has 0 unspecified atom stereocenters. The molecule has 0 aliphatic carbocycles. The molecule has 244 valence electrons. The van der Waals surface area contributed by atoms with Gasteiger partial charge in [-0.3, -0.25) is 0 Å². The van der Waals surface area contributed by atoms with E-state index in [1.807, 2.05) is 0 Å². The predicted molar refractivity (Wildman–Crippen MR) is 157 cm³/mol. The molecule has 0 amide bonds. The van der Waals surface area contributed by atoms with Crippen molar-refractivity contribution in [1.29, 1.82) is 0 Å². The summed E-state index contributed by atoms with van der Waals surface area (Å²) in [5.74, 6) is -3.48. The Kier molecular flexibility index (Phi) is 17.2. The predicted octanol–water partition coefficient (Wildman–Crippen LogP) is 3.06. The molecule has 0 atom stereocenters. The monoisotopic (exact) mass is 796 g/mol. The van der Waals surface area contributed by atoms with Crippen molar-refractivity contribution in [2.24, 2.45) is 0 Å². The van der Waals surface area contributed by atoms with Gasteiger partial charge in [0.1, 0.15) is 20.2 Å². The number of hydrogen-bond donors (Lipinski definition) is 0. The fraction of sp³-hybridized carbons (Fsp3) is 0.429. The number of carbonyl (C=O) groups is 4. The van der Waals surface area contributed by atoms with Crippen molar-refractivity contribution in [1.82, 2.24) is 0 Å². The van der Waals surface area contributed by atoms with Gasteiger partial charge in [0.05, 0.1) is 56.5 Å². The maximum absolute atomic E-state index is 11.8. The van der Waals surface area contributed by atoms with Crippen molar-refractivity contribution in [3.05, 3.63) is 58.7 Å². The Morgan fingerprint density at radius 1 is 0.511 bits per heavy atom. The minimum Gasteiger partial charge on any atom is -0.744 e. The zero-order chi connectivity index (χ0) is 34.2. The van der Waals surface area contributed by atoms with Crippen LogP contribution in [0, 0.1) is 0 Å². The molecule has 14 nitrogen and oxygen atoms in total. The molecule has 0 aromatic heterocycles. The number of esters is 4. The first kappa shape index (κ1) is 42.7. The molecule has 0 saturated carbocycles. The van der Waals surface area contributed by atoms with Gasteiger partial charge in [-0.2, -0.15) is 0 Å². The van der Waals surface area contributed by atoms with Gasteiger partial charge >= 0.3 is 72.8 Å². The maximum atomic E-state index is 11.8. The van der Waals surface area contributed by atoms with Crippen LogP contribution in [0.25, 0.3) is 0 Å². The molecule has 0 N–H and O–H groups in total. The van der Waals surface area contributed by atoms with Gasteiger partial charge in [0.15, 0.2) is 0 Å². The minimum atomic E-state index is -4.96. The fourth-order valence-electron chi connectivity index (χ4n) is 3.17. The minimum absolute atomic E-state index is 0. The smallest absolute Gasteiger partial charge is 0.744 e. The van der Waals surface area contributed by atoms with E-state index in [0.717, 1.165) is 24.3 Å². The third-order valence-corrected chi connectivity index (χ3v) is 6.54. The van der Waals surface area contributed by atoms with Crippen LogP contribution >= 0.6 is 0 Å². The van der Waals surface area contributed by atoms with E-state index in [1.165, 1.54) is 12.1 Å². The molecule has 0 heterocycles. The zero-order valence-corrected chi connectivity index (χ0v) is 32.1. The maximum Gasteiger partial charge on any atom is 2.00 e. The van der Waals surface area contributed by atoms with Gasteiger partial charge in [-0.25, -0.2) is 36.0 Å². The van der Waals surface area contributed by atoms with E-state index in [1.54, 1.807) is 55.4 Å². The second-order valence-corrected chi connectivity index (χ2v) is 12.8. The molecule has 0 aliphatic rings. The van der Waals surface area contributed by atoms with Crippen LogP contribution in [-0.4, -0.2) is 123 Å². The van der Waals surface area contributed by atoms with Crippen LogP contribution in [-0.2, 0) is 39.2 Å². The largest absolute Gasteiger partial charge is 2.00 e. The van der Waals surface area contributed by atoms with E-state index in [2.05, 4.69) is 0 Å². The number of rotatable bonds is 10. The van der Waals surface area contributed by atoms with E-state index >= 15 is 0 Å².